The quantitative estimate of drug-likeness (QED) is 0.617. The third-order valence-electron chi connectivity index (χ3n) is 5.33. The fourth-order valence-electron chi connectivity index (χ4n) is 3.75. The van der Waals surface area contributed by atoms with Crippen molar-refractivity contribution in [2.24, 2.45) is 5.92 Å². The average Bonchev–Trinajstić information content (AvgIpc) is 2.62. The van der Waals surface area contributed by atoms with Crippen LogP contribution in [-0.2, 0) is 6.54 Å². The SMILES string of the molecule is CCCNCc1ccc2cc(OC3CCC(C(C)(F)F)CC3)ccc2c1. The van der Waals surface area contributed by atoms with E-state index in [1.54, 1.807) is 0 Å². The number of fused-ring (bicyclic) bond motifs is 1. The molecule has 1 saturated carbocycles. The molecule has 1 aliphatic rings. The fraction of sp³-hybridized carbons (Fsp3) is 0.545. The lowest BCUT2D eigenvalue weighted by atomic mass is 9.84. The number of hydrogen-bond acceptors (Lipinski definition) is 2. The highest BCUT2D eigenvalue weighted by atomic mass is 19.3. The van der Waals surface area contributed by atoms with Gasteiger partial charge in [0.25, 0.3) is 0 Å². The van der Waals surface area contributed by atoms with Crippen LogP contribution in [0.4, 0.5) is 8.78 Å². The number of hydrogen-bond donors (Lipinski definition) is 1. The Balaban J connectivity index is 1.60. The maximum atomic E-state index is 13.4. The van der Waals surface area contributed by atoms with Gasteiger partial charge in [-0.1, -0.05) is 25.1 Å². The van der Waals surface area contributed by atoms with E-state index in [0.29, 0.717) is 25.7 Å². The zero-order chi connectivity index (χ0) is 18.6. The molecule has 1 N–H and O–H groups in total. The van der Waals surface area contributed by atoms with Gasteiger partial charge in [-0.05, 0) is 80.1 Å². The molecule has 0 bridgehead atoms. The number of nitrogens with one attached hydrogen (secondary N) is 1. The molecule has 2 aromatic rings. The van der Waals surface area contributed by atoms with E-state index in [1.165, 1.54) is 10.9 Å². The van der Waals surface area contributed by atoms with Gasteiger partial charge in [-0.2, -0.15) is 0 Å². The van der Waals surface area contributed by atoms with Crippen LogP contribution in [0.1, 0.15) is 51.5 Å². The standard InChI is InChI=1S/C22H29F2NO/c1-3-12-25-15-16-4-5-18-14-21(9-6-17(18)13-16)26-20-10-7-19(8-11-20)22(2,23)24/h4-6,9,13-14,19-20,25H,3,7-8,10-12,15H2,1-2H3. The van der Waals surface area contributed by atoms with E-state index in [-0.39, 0.29) is 6.10 Å². The Kier molecular flexibility index (Phi) is 6.13. The van der Waals surface area contributed by atoms with Gasteiger partial charge in [0, 0.05) is 12.5 Å². The first-order valence-corrected chi connectivity index (χ1v) is 9.73. The zero-order valence-corrected chi connectivity index (χ0v) is 15.7. The summed E-state index contributed by atoms with van der Waals surface area (Å²) in [6.45, 7) is 5.10. The number of rotatable bonds is 7. The number of halogens is 2. The van der Waals surface area contributed by atoms with Crippen molar-refractivity contribution in [3.8, 4) is 5.75 Å². The highest BCUT2D eigenvalue weighted by Gasteiger charge is 2.37. The van der Waals surface area contributed by atoms with Gasteiger partial charge in [0.2, 0.25) is 5.92 Å². The lowest BCUT2D eigenvalue weighted by molar-refractivity contribution is -0.0630. The molecular weight excluding hydrogens is 332 g/mol. The second kappa shape index (κ2) is 8.34. The Morgan fingerprint density at radius 3 is 2.42 bits per heavy atom. The lowest BCUT2D eigenvalue weighted by Gasteiger charge is -2.32. The van der Waals surface area contributed by atoms with E-state index in [1.807, 2.05) is 6.07 Å². The minimum Gasteiger partial charge on any atom is -0.490 e. The van der Waals surface area contributed by atoms with Gasteiger partial charge in [0.1, 0.15) is 5.75 Å². The summed E-state index contributed by atoms with van der Waals surface area (Å²) < 4.78 is 32.9. The molecule has 0 aliphatic heterocycles. The van der Waals surface area contributed by atoms with E-state index in [2.05, 4.69) is 42.6 Å². The van der Waals surface area contributed by atoms with Crippen molar-refractivity contribution >= 4 is 10.8 Å². The Bertz CT molecular complexity index is 718. The molecule has 0 aromatic heterocycles. The van der Waals surface area contributed by atoms with Crippen LogP contribution in [0, 0.1) is 5.92 Å². The average molecular weight is 361 g/mol. The van der Waals surface area contributed by atoms with Gasteiger partial charge < -0.3 is 10.1 Å². The van der Waals surface area contributed by atoms with Gasteiger partial charge >= 0.3 is 0 Å². The van der Waals surface area contributed by atoms with Crippen molar-refractivity contribution in [1.82, 2.24) is 5.32 Å². The van der Waals surface area contributed by atoms with E-state index < -0.39 is 11.8 Å². The molecule has 0 heterocycles. The predicted octanol–water partition coefficient (Wildman–Crippen LogP) is 5.93. The number of ether oxygens (including phenoxy) is 1. The normalized spacial score (nSPS) is 21.1. The van der Waals surface area contributed by atoms with Gasteiger partial charge in [-0.15, -0.1) is 0 Å². The van der Waals surface area contributed by atoms with Crippen molar-refractivity contribution < 1.29 is 13.5 Å². The molecular formula is C22H29F2NO. The monoisotopic (exact) mass is 361 g/mol. The molecule has 0 amide bonds. The van der Waals surface area contributed by atoms with Crippen LogP contribution in [-0.4, -0.2) is 18.6 Å². The van der Waals surface area contributed by atoms with Crippen LogP contribution < -0.4 is 10.1 Å². The van der Waals surface area contributed by atoms with Crippen molar-refractivity contribution in [3.63, 3.8) is 0 Å². The maximum Gasteiger partial charge on any atom is 0.248 e. The molecule has 142 valence electrons. The maximum absolute atomic E-state index is 13.4. The lowest BCUT2D eigenvalue weighted by Crippen LogP contribution is -2.32. The molecule has 0 radical (unpaired) electrons. The second-order valence-electron chi connectivity index (χ2n) is 7.57. The summed E-state index contributed by atoms with van der Waals surface area (Å²) in [6, 6.07) is 12.6. The smallest absolute Gasteiger partial charge is 0.248 e. The van der Waals surface area contributed by atoms with Crippen LogP contribution in [0.15, 0.2) is 36.4 Å². The van der Waals surface area contributed by atoms with Crippen LogP contribution in [0.25, 0.3) is 10.8 Å². The minimum atomic E-state index is -2.57. The molecule has 1 fully saturated rings. The van der Waals surface area contributed by atoms with E-state index >= 15 is 0 Å². The Labute approximate surface area is 154 Å². The number of benzene rings is 2. The van der Waals surface area contributed by atoms with Crippen LogP contribution in [0.3, 0.4) is 0 Å². The molecule has 0 saturated heterocycles. The molecule has 0 unspecified atom stereocenters. The summed E-state index contributed by atoms with van der Waals surface area (Å²) in [4.78, 5) is 0. The van der Waals surface area contributed by atoms with E-state index in [4.69, 9.17) is 4.74 Å². The van der Waals surface area contributed by atoms with Crippen LogP contribution in [0.5, 0.6) is 5.75 Å². The minimum absolute atomic E-state index is 0.0450. The van der Waals surface area contributed by atoms with Gasteiger partial charge in [0.15, 0.2) is 0 Å². The summed E-state index contributed by atoms with van der Waals surface area (Å²) in [7, 11) is 0. The van der Waals surface area contributed by atoms with E-state index in [0.717, 1.165) is 37.6 Å². The highest BCUT2D eigenvalue weighted by Crippen LogP contribution is 2.37. The molecule has 4 heteroatoms. The summed E-state index contributed by atoms with van der Waals surface area (Å²) in [5, 5.41) is 5.76. The Morgan fingerprint density at radius 2 is 1.73 bits per heavy atom. The van der Waals surface area contributed by atoms with Gasteiger partial charge in [-0.3, -0.25) is 0 Å². The largest absolute Gasteiger partial charge is 0.490 e. The molecule has 26 heavy (non-hydrogen) atoms. The van der Waals surface area contributed by atoms with E-state index in [9.17, 15) is 8.78 Å². The molecule has 2 aromatic carbocycles. The molecule has 1 aliphatic carbocycles. The second-order valence-corrected chi connectivity index (χ2v) is 7.57. The van der Waals surface area contributed by atoms with Gasteiger partial charge in [0.05, 0.1) is 6.10 Å². The fourth-order valence-corrected chi connectivity index (χ4v) is 3.75. The zero-order valence-electron chi connectivity index (χ0n) is 15.7. The Hall–Kier alpha value is -1.68. The summed E-state index contributed by atoms with van der Waals surface area (Å²) in [5.41, 5.74) is 1.28. The summed E-state index contributed by atoms with van der Waals surface area (Å²) >= 11 is 0. The van der Waals surface area contributed by atoms with Crippen molar-refractivity contribution in [1.29, 1.82) is 0 Å². The third kappa shape index (κ3) is 4.94. The molecule has 2 nitrogen and oxygen atoms in total. The predicted molar refractivity (Wildman–Crippen MR) is 103 cm³/mol. The topological polar surface area (TPSA) is 21.3 Å². The molecule has 0 atom stereocenters. The first-order valence-electron chi connectivity index (χ1n) is 9.73. The first-order chi connectivity index (χ1) is 12.5. The molecule has 0 spiro atoms. The van der Waals surface area contributed by atoms with Crippen molar-refractivity contribution in [2.75, 3.05) is 6.54 Å². The van der Waals surface area contributed by atoms with Crippen LogP contribution in [0.2, 0.25) is 0 Å². The van der Waals surface area contributed by atoms with Crippen molar-refractivity contribution in [3.05, 3.63) is 42.0 Å². The highest BCUT2D eigenvalue weighted by molar-refractivity contribution is 5.84. The third-order valence-corrected chi connectivity index (χ3v) is 5.33. The van der Waals surface area contributed by atoms with Crippen molar-refractivity contribution in [2.45, 2.75) is 64.5 Å². The van der Waals surface area contributed by atoms with Gasteiger partial charge in [-0.25, -0.2) is 8.78 Å². The Morgan fingerprint density at radius 1 is 1.04 bits per heavy atom. The van der Waals surface area contributed by atoms with Crippen LogP contribution >= 0.6 is 0 Å². The summed E-state index contributed by atoms with van der Waals surface area (Å²) in [5.74, 6) is -2.24. The number of alkyl halides is 2. The molecule has 3 rings (SSSR count). The summed E-state index contributed by atoms with van der Waals surface area (Å²) in [6.07, 6.45) is 3.66. The first kappa shape index (κ1) is 19.1.